The molecule has 32 heavy (non-hydrogen) atoms. The third-order valence-corrected chi connectivity index (χ3v) is 6.13. The lowest BCUT2D eigenvalue weighted by Crippen LogP contribution is -2.51. The summed E-state index contributed by atoms with van der Waals surface area (Å²) in [6.07, 6.45) is 5.50. The summed E-state index contributed by atoms with van der Waals surface area (Å²) < 4.78 is 7.35. The van der Waals surface area contributed by atoms with Gasteiger partial charge in [-0.25, -0.2) is 4.98 Å². The van der Waals surface area contributed by atoms with Crippen molar-refractivity contribution < 1.29 is 9.53 Å². The number of nitrogens with zero attached hydrogens (tertiary/aromatic N) is 2. The molecule has 0 aliphatic heterocycles. The van der Waals surface area contributed by atoms with E-state index in [1.807, 2.05) is 67.7 Å². The van der Waals surface area contributed by atoms with Crippen molar-refractivity contribution in [2.24, 2.45) is 0 Å². The summed E-state index contributed by atoms with van der Waals surface area (Å²) in [5, 5.41) is 4.19. The predicted octanol–water partition coefficient (Wildman–Crippen LogP) is 5.19. The topological polar surface area (TPSA) is 56.1 Å². The van der Waals surface area contributed by atoms with E-state index in [9.17, 15) is 4.79 Å². The maximum Gasteiger partial charge on any atom is 0.326 e. The molecule has 3 rings (SSSR count). The number of hydrogen-bond donors (Lipinski definition) is 1. The Morgan fingerprint density at radius 3 is 2.56 bits per heavy atom. The highest BCUT2D eigenvalue weighted by atomic mass is 35.5. The molecule has 0 bridgehead atoms. The fraction of sp³-hybridized carbons (Fsp3) is 0.385. The highest BCUT2D eigenvalue weighted by molar-refractivity contribution is 6.31. The standard InChI is InChI=1S/C26H32ClN3O2/c1-4-5-15-24-28-17-22(30(24)19-21-13-9-10-14-23(21)27)18-29-26(2,25(31)32-3)16-20-11-7-6-8-12-20/h6-14,17,29H,4-5,15-16,18-19H2,1-3H3. The monoisotopic (exact) mass is 453 g/mol. The second-order valence-corrected chi connectivity index (χ2v) is 8.69. The van der Waals surface area contributed by atoms with Crippen LogP contribution in [0.3, 0.4) is 0 Å². The predicted molar refractivity (Wildman–Crippen MR) is 129 cm³/mol. The summed E-state index contributed by atoms with van der Waals surface area (Å²) in [5.74, 6) is 0.746. The van der Waals surface area contributed by atoms with Crippen LogP contribution in [0.2, 0.25) is 5.02 Å². The van der Waals surface area contributed by atoms with Crippen LogP contribution in [-0.2, 0) is 35.5 Å². The van der Waals surface area contributed by atoms with Gasteiger partial charge < -0.3 is 9.30 Å². The first-order chi connectivity index (χ1) is 15.5. The second-order valence-electron chi connectivity index (χ2n) is 8.29. The van der Waals surface area contributed by atoms with E-state index >= 15 is 0 Å². The van der Waals surface area contributed by atoms with Crippen molar-refractivity contribution >= 4 is 17.6 Å². The summed E-state index contributed by atoms with van der Waals surface area (Å²) in [6, 6.07) is 17.8. The maximum absolute atomic E-state index is 12.7. The van der Waals surface area contributed by atoms with Crippen LogP contribution in [0.15, 0.2) is 60.8 Å². The number of halogens is 1. The molecule has 0 spiro atoms. The Kier molecular flexibility index (Phi) is 8.48. The quantitative estimate of drug-likeness (QED) is 0.406. The first-order valence-electron chi connectivity index (χ1n) is 11.1. The average Bonchev–Trinajstić information content (AvgIpc) is 3.19. The van der Waals surface area contributed by atoms with Crippen molar-refractivity contribution in [1.82, 2.24) is 14.9 Å². The number of aromatic nitrogens is 2. The van der Waals surface area contributed by atoms with Crippen molar-refractivity contribution in [2.75, 3.05) is 7.11 Å². The number of rotatable bonds is 11. The minimum atomic E-state index is -0.862. The molecule has 6 heteroatoms. The van der Waals surface area contributed by atoms with Crippen LogP contribution in [-0.4, -0.2) is 28.2 Å². The van der Waals surface area contributed by atoms with Crippen molar-refractivity contribution in [1.29, 1.82) is 0 Å². The van der Waals surface area contributed by atoms with E-state index in [1.54, 1.807) is 0 Å². The van der Waals surface area contributed by atoms with Gasteiger partial charge in [0.05, 0.1) is 19.3 Å². The molecule has 1 heterocycles. The molecular weight excluding hydrogens is 422 g/mol. The van der Waals surface area contributed by atoms with E-state index in [0.29, 0.717) is 19.5 Å². The van der Waals surface area contributed by atoms with Gasteiger partial charge in [-0.3, -0.25) is 10.1 Å². The van der Waals surface area contributed by atoms with Crippen molar-refractivity contribution in [3.05, 3.63) is 88.5 Å². The molecule has 0 saturated heterocycles. The molecule has 170 valence electrons. The van der Waals surface area contributed by atoms with Crippen LogP contribution in [0.1, 0.15) is 49.3 Å². The number of carbonyl (C=O) groups is 1. The number of methoxy groups -OCH3 is 1. The second kappa shape index (κ2) is 11.3. The van der Waals surface area contributed by atoms with Crippen LogP contribution < -0.4 is 5.32 Å². The van der Waals surface area contributed by atoms with Crippen LogP contribution in [0.25, 0.3) is 0 Å². The molecule has 0 radical (unpaired) electrons. The molecule has 1 atom stereocenters. The number of aryl methyl sites for hydroxylation is 1. The summed E-state index contributed by atoms with van der Waals surface area (Å²) in [6.45, 7) is 5.19. The Hall–Kier alpha value is -2.63. The number of imidazole rings is 1. The lowest BCUT2D eigenvalue weighted by molar-refractivity contribution is -0.148. The number of carbonyl (C=O) groups excluding carboxylic acids is 1. The van der Waals surface area contributed by atoms with E-state index in [-0.39, 0.29) is 5.97 Å². The average molecular weight is 454 g/mol. The highest BCUT2D eigenvalue weighted by Crippen LogP contribution is 2.21. The van der Waals surface area contributed by atoms with Gasteiger partial charge in [-0.15, -0.1) is 0 Å². The number of ether oxygens (including phenoxy) is 1. The molecule has 0 aliphatic carbocycles. The first-order valence-corrected chi connectivity index (χ1v) is 11.5. The third kappa shape index (κ3) is 5.99. The molecule has 0 saturated carbocycles. The van der Waals surface area contributed by atoms with Gasteiger partial charge in [0.1, 0.15) is 11.4 Å². The molecule has 0 aliphatic rings. The number of nitrogens with one attached hydrogen (secondary N) is 1. The van der Waals surface area contributed by atoms with E-state index in [1.165, 1.54) is 7.11 Å². The van der Waals surface area contributed by atoms with Gasteiger partial charge in [0, 0.05) is 30.6 Å². The van der Waals surface area contributed by atoms with E-state index in [4.69, 9.17) is 21.3 Å². The minimum absolute atomic E-state index is 0.287. The molecule has 0 amide bonds. The fourth-order valence-corrected chi connectivity index (χ4v) is 4.04. The van der Waals surface area contributed by atoms with Gasteiger partial charge in [-0.1, -0.05) is 73.5 Å². The number of unbranched alkanes of at least 4 members (excludes halogenated alkanes) is 1. The Balaban J connectivity index is 1.85. The molecule has 1 unspecified atom stereocenters. The third-order valence-electron chi connectivity index (χ3n) is 5.76. The van der Waals surface area contributed by atoms with Gasteiger partial charge in [0.2, 0.25) is 0 Å². The largest absolute Gasteiger partial charge is 0.468 e. The van der Waals surface area contributed by atoms with Crippen LogP contribution in [0.5, 0.6) is 0 Å². The van der Waals surface area contributed by atoms with Crippen molar-refractivity contribution in [2.45, 2.75) is 58.2 Å². The SMILES string of the molecule is CCCCc1ncc(CNC(C)(Cc2ccccc2)C(=O)OC)n1Cc1ccccc1Cl. The van der Waals surface area contributed by atoms with Crippen LogP contribution in [0, 0.1) is 0 Å². The Morgan fingerprint density at radius 1 is 1.16 bits per heavy atom. The van der Waals surface area contributed by atoms with Gasteiger partial charge in [-0.2, -0.15) is 0 Å². The maximum atomic E-state index is 12.7. The summed E-state index contributed by atoms with van der Waals surface area (Å²) in [5.41, 5.74) is 2.27. The van der Waals surface area contributed by atoms with E-state index in [0.717, 1.165) is 46.9 Å². The molecular formula is C26H32ClN3O2. The fourth-order valence-electron chi connectivity index (χ4n) is 3.84. The first kappa shape index (κ1) is 24.0. The zero-order chi connectivity index (χ0) is 23.0. The normalized spacial score (nSPS) is 13.0. The van der Waals surface area contributed by atoms with E-state index in [2.05, 4.69) is 16.8 Å². The molecule has 1 N–H and O–H groups in total. The van der Waals surface area contributed by atoms with E-state index < -0.39 is 5.54 Å². The van der Waals surface area contributed by atoms with Gasteiger partial charge >= 0.3 is 5.97 Å². The summed E-state index contributed by atoms with van der Waals surface area (Å²) >= 11 is 6.44. The molecule has 5 nitrogen and oxygen atoms in total. The van der Waals surface area contributed by atoms with Crippen molar-refractivity contribution in [3.63, 3.8) is 0 Å². The Morgan fingerprint density at radius 2 is 1.88 bits per heavy atom. The van der Waals surface area contributed by atoms with Crippen molar-refractivity contribution in [3.8, 4) is 0 Å². The minimum Gasteiger partial charge on any atom is -0.468 e. The Labute approximate surface area is 195 Å². The lowest BCUT2D eigenvalue weighted by Gasteiger charge is -2.28. The van der Waals surface area contributed by atoms with Crippen LogP contribution in [0.4, 0.5) is 0 Å². The zero-order valence-electron chi connectivity index (χ0n) is 19.1. The van der Waals surface area contributed by atoms with Gasteiger partial charge in [0.15, 0.2) is 0 Å². The number of benzene rings is 2. The number of hydrogen-bond acceptors (Lipinski definition) is 4. The van der Waals surface area contributed by atoms with Gasteiger partial charge in [-0.05, 0) is 30.5 Å². The molecule has 1 aromatic heterocycles. The molecule has 0 fully saturated rings. The van der Waals surface area contributed by atoms with Crippen LogP contribution >= 0.6 is 11.6 Å². The summed E-state index contributed by atoms with van der Waals surface area (Å²) in [4.78, 5) is 17.4. The molecule has 3 aromatic rings. The molecule has 2 aromatic carbocycles. The van der Waals surface area contributed by atoms with Gasteiger partial charge in [0.25, 0.3) is 0 Å². The Bertz CT molecular complexity index is 1020. The summed E-state index contributed by atoms with van der Waals surface area (Å²) in [7, 11) is 1.43. The highest BCUT2D eigenvalue weighted by Gasteiger charge is 2.34. The number of esters is 1. The zero-order valence-corrected chi connectivity index (χ0v) is 19.9. The smallest absolute Gasteiger partial charge is 0.326 e. The lowest BCUT2D eigenvalue weighted by atomic mass is 9.92.